The maximum atomic E-state index is 12.2. The van der Waals surface area contributed by atoms with Gasteiger partial charge in [-0.2, -0.15) is 29.8 Å². The highest BCUT2D eigenvalue weighted by Gasteiger charge is 2.45. The highest BCUT2D eigenvalue weighted by molar-refractivity contribution is 7.86. The molecule has 0 saturated carbocycles. The smallest absolute Gasteiger partial charge is 0.335 e. The molecule has 65 heavy (non-hydrogen) atoms. The van der Waals surface area contributed by atoms with Crippen molar-refractivity contribution in [1.82, 2.24) is 0 Å². The van der Waals surface area contributed by atoms with Gasteiger partial charge >= 0.3 is 5.97 Å². The van der Waals surface area contributed by atoms with E-state index in [-0.39, 0.29) is 34.7 Å². The number of carboxylic acid groups (broad SMARTS) is 1. The predicted octanol–water partition coefficient (Wildman–Crippen LogP) is 7.05. The molecule has 20 heteroatoms. The Hall–Kier alpha value is -4.80. The Bertz CT molecular complexity index is 3040. The number of carboxylic acids is 1. The minimum atomic E-state index is -4.56. The van der Waals surface area contributed by atoms with Crippen molar-refractivity contribution in [3.8, 4) is 0 Å². The Morgan fingerprint density at radius 2 is 1.35 bits per heavy atom. The van der Waals surface area contributed by atoms with Crippen LogP contribution in [-0.4, -0.2) is 97.8 Å². The number of aromatic carboxylic acids is 1. The third-order valence-corrected chi connectivity index (χ3v) is 15.5. The minimum Gasteiger partial charge on any atom is -0.748 e. The summed E-state index contributed by atoms with van der Waals surface area (Å²) in [5.41, 5.74) is 5.73. The first-order valence-corrected chi connectivity index (χ1v) is 26.9. The van der Waals surface area contributed by atoms with Crippen molar-refractivity contribution < 1.29 is 66.4 Å². The Labute approximate surface area is 380 Å². The summed E-state index contributed by atoms with van der Waals surface area (Å²) in [4.78, 5) is 13.3. The van der Waals surface area contributed by atoms with Crippen LogP contribution >= 0.6 is 0 Å². The van der Waals surface area contributed by atoms with E-state index in [2.05, 4.69) is 0 Å². The molecule has 350 valence electrons. The molecule has 3 aromatic rings. The van der Waals surface area contributed by atoms with Crippen LogP contribution in [0, 0.1) is 0 Å². The van der Waals surface area contributed by atoms with Crippen molar-refractivity contribution in [1.29, 1.82) is 0 Å². The van der Waals surface area contributed by atoms with Gasteiger partial charge in [0.25, 0.3) is 30.4 Å². The number of nitrogens with zero attached hydrogens (tertiary/aromatic N) is 2. The molecule has 2 heterocycles. The number of hydrogen-bond donors (Lipinski definition) is 4. The normalized spacial score (nSPS) is 18.9. The molecular weight excluding hydrogens is 921 g/mol. The summed E-state index contributed by atoms with van der Waals surface area (Å²) in [5.74, 6) is -2.09. The molecule has 0 bridgehead atoms. The Kier molecular flexibility index (Phi) is 14.1. The van der Waals surface area contributed by atoms with E-state index in [0.29, 0.717) is 61.2 Å². The summed E-state index contributed by atoms with van der Waals surface area (Å²) < 4.78 is 137. The Balaban J connectivity index is 1.49. The number of anilines is 1. The van der Waals surface area contributed by atoms with Gasteiger partial charge < -0.3 is 14.6 Å². The standard InChI is InChI=1S/C45H52N2O14S4/c1-44(2)36-28-34(64(56,57)58)18-20-38(36)46(24-5-7-26-62(50,51)52)40(44)22-16-30-10-9-11-31(42(30)32-12-14-33(15-13-32)43(48)49)17-23-41-45(3,4)37-29-35(65(59,60)61)19-21-39(37)47(41)25-6-8-27-63(53,54)55/h12-23,28-29H,5-11,24-27H2,1-4H3,(H4-,48,49,50,51,52,53,54,55,56,57,58,59,60,61). The summed E-state index contributed by atoms with van der Waals surface area (Å²) in [6, 6.07) is 15.1. The molecule has 0 aromatic heterocycles. The van der Waals surface area contributed by atoms with Crippen molar-refractivity contribution in [2.45, 2.75) is 93.3 Å². The van der Waals surface area contributed by atoms with Crippen LogP contribution in [-0.2, 0) is 51.3 Å². The number of unbranched alkanes of at least 4 members (excludes halogenated alkanes) is 2. The fourth-order valence-electron chi connectivity index (χ4n) is 8.98. The third-order valence-electron chi connectivity index (χ3n) is 12.2. The summed E-state index contributed by atoms with van der Waals surface area (Å²) >= 11 is 0. The third kappa shape index (κ3) is 11.3. The van der Waals surface area contributed by atoms with E-state index < -0.39 is 68.8 Å². The number of allylic oxidation sites excluding steroid dienone is 8. The molecule has 0 unspecified atom stereocenters. The fourth-order valence-corrected chi connectivity index (χ4v) is 11.1. The van der Waals surface area contributed by atoms with Crippen molar-refractivity contribution >= 4 is 69.1 Å². The highest BCUT2D eigenvalue weighted by Crippen LogP contribution is 2.49. The van der Waals surface area contributed by atoms with Crippen molar-refractivity contribution in [3.63, 3.8) is 0 Å². The topological polar surface area (TPSA) is 264 Å². The summed E-state index contributed by atoms with van der Waals surface area (Å²) in [6.07, 6.45) is 10.6. The second-order valence-electron chi connectivity index (χ2n) is 17.4. The largest absolute Gasteiger partial charge is 0.748 e. The van der Waals surface area contributed by atoms with E-state index in [1.54, 1.807) is 24.3 Å². The lowest BCUT2D eigenvalue weighted by atomic mass is 9.79. The SMILES string of the molecule is CC1(C)C(/C=C/C2=C(c3ccc(C(=O)O)cc3)C(=C/C=C3\N(CCCCS(=O)(=O)[O-])c4ccc(S(=O)(=O)O)cc4C3(C)C)/CCC2)=[N+](CCCCS(=O)(=O)O)c2ccc(S(=O)(=O)O)cc21. The lowest BCUT2D eigenvalue weighted by molar-refractivity contribution is -0.438. The monoisotopic (exact) mass is 972 g/mol. The quantitative estimate of drug-likeness (QED) is 0.0600. The van der Waals surface area contributed by atoms with Crippen molar-refractivity contribution in [3.05, 3.63) is 124 Å². The van der Waals surface area contributed by atoms with Gasteiger partial charge in [0.05, 0.1) is 36.6 Å². The first kappa shape index (κ1) is 49.6. The number of benzene rings is 3. The van der Waals surface area contributed by atoms with Gasteiger partial charge in [-0.15, -0.1) is 0 Å². The molecule has 6 rings (SSSR count). The molecule has 0 fully saturated rings. The maximum Gasteiger partial charge on any atom is 0.335 e. The van der Waals surface area contributed by atoms with E-state index in [9.17, 15) is 61.8 Å². The second-order valence-corrected chi connectivity index (χ2v) is 23.4. The van der Waals surface area contributed by atoms with Crippen LogP contribution in [0.25, 0.3) is 5.57 Å². The number of hydrogen-bond acceptors (Lipinski definition) is 11. The summed E-state index contributed by atoms with van der Waals surface area (Å²) in [7, 11) is -17.8. The Morgan fingerprint density at radius 3 is 1.95 bits per heavy atom. The lowest BCUT2D eigenvalue weighted by Gasteiger charge is -2.28. The van der Waals surface area contributed by atoms with Crippen LogP contribution in [0.3, 0.4) is 0 Å². The molecule has 0 amide bonds. The molecule has 0 radical (unpaired) electrons. The van der Waals surface area contributed by atoms with Gasteiger partial charge in [0.2, 0.25) is 5.69 Å². The Morgan fingerprint density at radius 1 is 0.738 bits per heavy atom. The zero-order valence-electron chi connectivity index (χ0n) is 36.3. The molecule has 3 aromatic carbocycles. The zero-order valence-corrected chi connectivity index (χ0v) is 39.5. The molecule has 3 aliphatic rings. The van der Waals surface area contributed by atoms with E-state index in [1.807, 2.05) is 61.5 Å². The highest BCUT2D eigenvalue weighted by atomic mass is 32.2. The molecule has 0 atom stereocenters. The molecule has 1 aliphatic carbocycles. The molecule has 16 nitrogen and oxygen atoms in total. The molecular formula is C45H52N2O14S4. The van der Waals surface area contributed by atoms with Crippen LogP contribution in [0.1, 0.15) is 99.7 Å². The molecule has 4 N–H and O–H groups in total. The van der Waals surface area contributed by atoms with Crippen LogP contribution < -0.4 is 4.90 Å². The maximum absolute atomic E-state index is 12.2. The number of fused-ring (bicyclic) bond motifs is 2. The van der Waals surface area contributed by atoms with Gasteiger partial charge in [0.1, 0.15) is 6.54 Å². The van der Waals surface area contributed by atoms with E-state index in [0.717, 1.165) is 33.7 Å². The van der Waals surface area contributed by atoms with Gasteiger partial charge in [-0.05, 0) is 129 Å². The predicted molar refractivity (Wildman–Crippen MR) is 245 cm³/mol. The van der Waals surface area contributed by atoms with Crippen LogP contribution in [0.15, 0.2) is 112 Å². The average molecular weight is 973 g/mol. The van der Waals surface area contributed by atoms with E-state index in [4.69, 9.17) is 0 Å². The molecule has 0 saturated heterocycles. The number of carbonyl (C=O) groups is 1. The van der Waals surface area contributed by atoms with Gasteiger partial charge in [-0.25, -0.2) is 13.2 Å². The fraction of sp³-hybridized carbons (Fsp3) is 0.378. The lowest BCUT2D eigenvalue weighted by Crippen LogP contribution is -2.28. The van der Waals surface area contributed by atoms with E-state index in [1.165, 1.54) is 36.4 Å². The number of rotatable bonds is 17. The second kappa shape index (κ2) is 18.5. The van der Waals surface area contributed by atoms with Gasteiger partial charge in [-0.1, -0.05) is 38.1 Å². The van der Waals surface area contributed by atoms with Crippen LogP contribution in [0.2, 0.25) is 0 Å². The van der Waals surface area contributed by atoms with Crippen molar-refractivity contribution in [2.75, 3.05) is 29.5 Å². The molecule has 2 aliphatic heterocycles. The van der Waals surface area contributed by atoms with Gasteiger partial charge in [-0.3, -0.25) is 13.7 Å². The first-order valence-electron chi connectivity index (χ1n) is 20.8. The average Bonchev–Trinajstić information content (AvgIpc) is 3.55. The van der Waals surface area contributed by atoms with Gasteiger partial charge in [0, 0.05) is 53.2 Å². The van der Waals surface area contributed by atoms with E-state index >= 15 is 0 Å². The van der Waals surface area contributed by atoms with Crippen LogP contribution in [0.5, 0.6) is 0 Å². The minimum absolute atomic E-state index is 0.0833. The van der Waals surface area contributed by atoms with Crippen molar-refractivity contribution in [2.24, 2.45) is 0 Å². The first-order chi connectivity index (χ1) is 30.1. The van der Waals surface area contributed by atoms with Gasteiger partial charge in [0.15, 0.2) is 5.71 Å². The zero-order chi connectivity index (χ0) is 47.9. The summed E-state index contributed by atoms with van der Waals surface area (Å²) in [5, 5.41) is 9.72. The summed E-state index contributed by atoms with van der Waals surface area (Å²) in [6.45, 7) is 8.20. The molecule has 0 spiro atoms. The van der Waals surface area contributed by atoms with Crippen LogP contribution in [0.4, 0.5) is 11.4 Å².